The van der Waals surface area contributed by atoms with E-state index in [0.717, 1.165) is 48.0 Å². The van der Waals surface area contributed by atoms with E-state index < -0.39 is 0 Å². The lowest BCUT2D eigenvalue weighted by Gasteiger charge is -2.36. The number of nitrogens with two attached hydrogens (primary N) is 1. The van der Waals surface area contributed by atoms with Crippen LogP contribution in [-0.2, 0) is 0 Å². The topological polar surface area (TPSA) is 83.2 Å². The molecule has 4 rings (SSSR count). The lowest BCUT2D eigenvalue weighted by atomic mass is 10.2. The van der Waals surface area contributed by atoms with E-state index in [2.05, 4.69) is 46.0 Å². The maximum Gasteiger partial charge on any atom is 0.159 e. The van der Waals surface area contributed by atoms with Crippen molar-refractivity contribution in [1.29, 1.82) is 0 Å². The van der Waals surface area contributed by atoms with E-state index in [9.17, 15) is 0 Å². The van der Waals surface area contributed by atoms with Gasteiger partial charge in [-0.3, -0.25) is 0 Å². The van der Waals surface area contributed by atoms with Gasteiger partial charge in [0.05, 0.1) is 5.69 Å². The molecule has 0 amide bonds. The number of rotatable bonds is 4. The minimum absolute atomic E-state index is 0.555. The first-order chi connectivity index (χ1) is 13.2. The minimum Gasteiger partial charge on any atom is -0.393 e. The van der Waals surface area contributed by atoms with E-state index in [1.54, 1.807) is 6.33 Å². The van der Waals surface area contributed by atoms with Crippen molar-refractivity contribution in [2.75, 3.05) is 47.0 Å². The standard InChI is InChI=1S/C19H20BrN7/c20-14-5-1-2-6-15(14)25-18-17(21)19(24-13-23-18)27-11-9-26(10-12-27)16-7-3-4-8-22-16/h1-8,13H,9-12,21H2,(H,23,24,25). The van der Waals surface area contributed by atoms with Crippen LogP contribution in [0.1, 0.15) is 0 Å². The Bertz CT molecular complexity index is 911. The third-order valence-electron chi connectivity index (χ3n) is 4.54. The minimum atomic E-state index is 0.555. The van der Waals surface area contributed by atoms with Crippen molar-refractivity contribution >= 4 is 44.8 Å². The predicted octanol–water partition coefficient (Wildman–Crippen LogP) is 3.29. The van der Waals surface area contributed by atoms with Gasteiger partial charge in [0.2, 0.25) is 0 Å². The van der Waals surface area contributed by atoms with E-state index in [4.69, 9.17) is 5.73 Å². The molecule has 0 spiro atoms. The van der Waals surface area contributed by atoms with E-state index in [1.165, 1.54) is 0 Å². The second-order valence-corrected chi connectivity index (χ2v) is 7.08. The van der Waals surface area contributed by atoms with Gasteiger partial charge in [-0.05, 0) is 40.2 Å². The predicted molar refractivity (Wildman–Crippen MR) is 113 cm³/mol. The molecule has 8 heteroatoms. The summed E-state index contributed by atoms with van der Waals surface area (Å²) in [6, 6.07) is 13.8. The summed E-state index contributed by atoms with van der Waals surface area (Å²) in [6.07, 6.45) is 3.37. The van der Waals surface area contributed by atoms with Crippen LogP contribution >= 0.6 is 15.9 Å². The van der Waals surface area contributed by atoms with Crippen molar-refractivity contribution < 1.29 is 0 Å². The van der Waals surface area contributed by atoms with Crippen LogP contribution in [0.15, 0.2) is 59.5 Å². The lowest BCUT2D eigenvalue weighted by Crippen LogP contribution is -2.47. The second-order valence-electron chi connectivity index (χ2n) is 6.23. The van der Waals surface area contributed by atoms with Crippen molar-refractivity contribution in [1.82, 2.24) is 15.0 Å². The first kappa shape index (κ1) is 17.5. The molecule has 0 atom stereocenters. The van der Waals surface area contributed by atoms with Gasteiger partial charge in [-0.2, -0.15) is 0 Å². The van der Waals surface area contributed by atoms with E-state index in [0.29, 0.717) is 11.5 Å². The number of para-hydroxylation sites is 1. The van der Waals surface area contributed by atoms with Crippen LogP contribution in [0.2, 0.25) is 0 Å². The molecule has 0 unspecified atom stereocenters. The van der Waals surface area contributed by atoms with Crippen molar-refractivity contribution in [3.8, 4) is 0 Å². The van der Waals surface area contributed by atoms with Crippen molar-refractivity contribution in [2.45, 2.75) is 0 Å². The smallest absolute Gasteiger partial charge is 0.159 e. The molecule has 1 fully saturated rings. The summed E-state index contributed by atoms with van der Waals surface area (Å²) in [5.74, 6) is 2.38. The fraction of sp³-hybridized carbons (Fsp3) is 0.211. The molecule has 3 heterocycles. The molecule has 1 aliphatic rings. The van der Waals surface area contributed by atoms with E-state index in [-0.39, 0.29) is 0 Å². The Balaban J connectivity index is 1.49. The third-order valence-corrected chi connectivity index (χ3v) is 5.23. The zero-order valence-corrected chi connectivity index (χ0v) is 16.3. The molecule has 0 aliphatic carbocycles. The fourth-order valence-electron chi connectivity index (χ4n) is 3.12. The van der Waals surface area contributed by atoms with Crippen LogP contribution in [0, 0.1) is 0 Å². The number of hydrogen-bond donors (Lipinski definition) is 2. The average Bonchev–Trinajstić information content (AvgIpc) is 2.72. The monoisotopic (exact) mass is 425 g/mol. The van der Waals surface area contributed by atoms with Gasteiger partial charge in [0.15, 0.2) is 11.6 Å². The van der Waals surface area contributed by atoms with Gasteiger partial charge in [0, 0.05) is 36.8 Å². The van der Waals surface area contributed by atoms with Crippen molar-refractivity contribution in [2.24, 2.45) is 0 Å². The molecule has 3 N–H and O–H groups in total. The summed E-state index contributed by atoms with van der Waals surface area (Å²) in [6.45, 7) is 3.39. The molecule has 1 aliphatic heterocycles. The molecule has 2 aromatic heterocycles. The molecule has 3 aromatic rings. The number of nitrogens with one attached hydrogen (secondary N) is 1. The average molecular weight is 426 g/mol. The van der Waals surface area contributed by atoms with Crippen LogP contribution in [0.25, 0.3) is 0 Å². The zero-order valence-electron chi connectivity index (χ0n) is 14.7. The molecular weight excluding hydrogens is 406 g/mol. The Labute approximate surface area is 166 Å². The zero-order chi connectivity index (χ0) is 18.6. The second kappa shape index (κ2) is 7.79. The molecule has 27 heavy (non-hydrogen) atoms. The molecule has 0 bridgehead atoms. The number of hydrogen-bond acceptors (Lipinski definition) is 7. The number of pyridine rings is 1. The molecule has 138 valence electrons. The Morgan fingerprint density at radius 2 is 1.63 bits per heavy atom. The lowest BCUT2D eigenvalue weighted by molar-refractivity contribution is 0.642. The highest BCUT2D eigenvalue weighted by Gasteiger charge is 2.22. The van der Waals surface area contributed by atoms with Crippen LogP contribution in [0.3, 0.4) is 0 Å². The largest absolute Gasteiger partial charge is 0.393 e. The Morgan fingerprint density at radius 3 is 2.37 bits per heavy atom. The van der Waals surface area contributed by atoms with Gasteiger partial charge in [0.1, 0.15) is 17.8 Å². The number of nitrogen functional groups attached to an aromatic ring is 1. The summed E-state index contributed by atoms with van der Waals surface area (Å²) in [5.41, 5.74) is 7.85. The number of aromatic nitrogens is 3. The number of anilines is 5. The molecule has 1 saturated heterocycles. The first-order valence-corrected chi connectivity index (χ1v) is 9.54. The molecule has 1 aromatic carbocycles. The van der Waals surface area contributed by atoms with E-state index >= 15 is 0 Å². The summed E-state index contributed by atoms with van der Waals surface area (Å²) in [7, 11) is 0. The molecule has 7 nitrogen and oxygen atoms in total. The number of nitrogens with zero attached hydrogens (tertiary/aromatic N) is 5. The third kappa shape index (κ3) is 3.80. The number of piperazine rings is 1. The van der Waals surface area contributed by atoms with Gasteiger partial charge in [-0.25, -0.2) is 15.0 Å². The Morgan fingerprint density at radius 1 is 0.889 bits per heavy atom. The number of halogens is 1. The Kier molecular flexibility index (Phi) is 5.06. The van der Waals surface area contributed by atoms with Gasteiger partial charge in [-0.15, -0.1) is 0 Å². The number of benzene rings is 1. The molecule has 0 saturated carbocycles. The van der Waals surface area contributed by atoms with Gasteiger partial charge < -0.3 is 20.9 Å². The quantitative estimate of drug-likeness (QED) is 0.663. The van der Waals surface area contributed by atoms with Crippen LogP contribution in [-0.4, -0.2) is 41.1 Å². The maximum absolute atomic E-state index is 6.39. The van der Waals surface area contributed by atoms with Gasteiger partial charge >= 0.3 is 0 Å². The molecule has 0 radical (unpaired) electrons. The summed E-state index contributed by atoms with van der Waals surface area (Å²) in [4.78, 5) is 17.6. The van der Waals surface area contributed by atoms with Crippen molar-refractivity contribution in [3.63, 3.8) is 0 Å². The van der Waals surface area contributed by atoms with Crippen LogP contribution in [0.4, 0.5) is 28.8 Å². The van der Waals surface area contributed by atoms with Crippen molar-refractivity contribution in [3.05, 3.63) is 59.5 Å². The fourth-order valence-corrected chi connectivity index (χ4v) is 3.50. The highest BCUT2D eigenvalue weighted by molar-refractivity contribution is 9.10. The highest BCUT2D eigenvalue weighted by Crippen LogP contribution is 2.31. The summed E-state index contributed by atoms with van der Waals surface area (Å²) < 4.78 is 0.952. The van der Waals surface area contributed by atoms with E-state index in [1.807, 2.05) is 48.7 Å². The SMILES string of the molecule is Nc1c(Nc2ccccc2Br)ncnc1N1CCN(c2ccccn2)CC1. The first-order valence-electron chi connectivity index (χ1n) is 8.75. The Hall–Kier alpha value is -2.87. The van der Waals surface area contributed by atoms with Crippen LogP contribution < -0.4 is 20.9 Å². The molecular formula is C19H20BrN7. The highest BCUT2D eigenvalue weighted by atomic mass is 79.9. The normalized spacial score (nSPS) is 14.3. The van der Waals surface area contributed by atoms with Gasteiger partial charge in [0.25, 0.3) is 0 Å². The van der Waals surface area contributed by atoms with Crippen LogP contribution in [0.5, 0.6) is 0 Å². The van der Waals surface area contributed by atoms with Gasteiger partial charge in [-0.1, -0.05) is 18.2 Å². The summed E-state index contributed by atoms with van der Waals surface area (Å²) >= 11 is 3.53. The maximum atomic E-state index is 6.39. The summed E-state index contributed by atoms with van der Waals surface area (Å²) in [5, 5.41) is 3.28.